The lowest BCUT2D eigenvalue weighted by Gasteiger charge is -2.24. The molecule has 0 bridgehead atoms. The second-order valence-corrected chi connectivity index (χ2v) is 6.20. The molecule has 1 aliphatic rings. The average Bonchev–Trinajstić information content (AvgIpc) is 2.37. The molecule has 1 aliphatic carbocycles. The van der Waals surface area contributed by atoms with Crippen LogP contribution in [0.2, 0.25) is 0 Å². The lowest BCUT2D eigenvalue weighted by Crippen LogP contribution is -2.27. The van der Waals surface area contributed by atoms with Gasteiger partial charge in [0.15, 0.2) is 0 Å². The quantitative estimate of drug-likeness (QED) is 0.851. The van der Waals surface area contributed by atoms with Crippen LogP contribution < -0.4 is 10.6 Å². The predicted molar refractivity (Wildman–Crippen MR) is 91.6 cm³/mol. The molecule has 0 unspecified atom stereocenters. The number of benzene rings is 2. The maximum Gasteiger partial charge on any atom is 0.227 e. The van der Waals surface area contributed by atoms with Crippen molar-refractivity contribution >= 4 is 23.0 Å². The number of hydrogen-bond donors (Lipinski definition) is 2. The summed E-state index contributed by atoms with van der Waals surface area (Å²) in [5.74, 6) is 0.370. The van der Waals surface area contributed by atoms with Gasteiger partial charge in [-0.1, -0.05) is 12.5 Å². The molecule has 1 saturated carbocycles. The first kappa shape index (κ1) is 14.6. The van der Waals surface area contributed by atoms with E-state index in [1.165, 1.54) is 17.5 Å². The first-order valence-electron chi connectivity index (χ1n) is 7.86. The van der Waals surface area contributed by atoms with Crippen LogP contribution in [0.5, 0.6) is 0 Å². The largest absolute Gasteiger partial charge is 0.356 e. The van der Waals surface area contributed by atoms with E-state index in [2.05, 4.69) is 42.7 Å². The average molecular weight is 294 g/mol. The number of anilines is 3. The van der Waals surface area contributed by atoms with Gasteiger partial charge >= 0.3 is 0 Å². The molecule has 0 radical (unpaired) electrons. The van der Waals surface area contributed by atoms with Gasteiger partial charge in [0, 0.05) is 23.0 Å². The topological polar surface area (TPSA) is 41.1 Å². The van der Waals surface area contributed by atoms with Crippen LogP contribution in [0.4, 0.5) is 17.1 Å². The molecule has 0 heterocycles. The van der Waals surface area contributed by atoms with Crippen LogP contribution in [0.3, 0.4) is 0 Å². The number of amides is 1. The Labute approximate surface area is 131 Å². The van der Waals surface area contributed by atoms with Crippen LogP contribution >= 0.6 is 0 Å². The smallest absolute Gasteiger partial charge is 0.227 e. The SMILES string of the molecule is Cc1cc(C)cc(Nc2ccc(NC(=O)C3CCC3)cc2)c1. The molecule has 114 valence electrons. The van der Waals surface area contributed by atoms with E-state index in [0.717, 1.165) is 29.9 Å². The Morgan fingerprint density at radius 3 is 2.05 bits per heavy atom. The molecule has 2 N–H and O–H groups in total. The van der Waals surface area contributed by atoms with Crippen LogP contribution in [0.15, 0.2) is 42.5 Å². The number of nitrogens with one attached hydrogen (secondary N) is 2. The van der Waals surface area contributed by atoms with Gasteiger partial charge in [0.1, 0.15) is 0 Å². The summed E-state index contributed by atoms with van der Waals surface area (Å²) in [6, 6.07) is 14.3. The van der Waals surface area contributed by atoms with Crippen molar-refractivity contribution in [3.05, 3.63) is 53.6 Å². The first-order chi connectivity index (χ1) is 10.6. The minimum atomic E-state index is 0.154. The zero-order valence-electron chi connectivity index (χ0n) is 13.1. The van der Waals surface area contributed by atoms with Gasteiger partial charge in [-0.2, -0.15) is 0 Å². The molecule has 3 heteroatoms. The minimum absolute atomic E-state index is 0.154. The molecule has 3 nitrogen and oxygen atoms in total. The van der Waals surface area contributed by atoms with Crippen molar-refractivity contribution < 1.29 is 4.79 Å². The molecule has 22 heavy (non-hydrogen) atoms. The summed E-state index contributed by atoms with van der Waals surface area (Å²) in [5.41, 5.74) is 5.46. The summed E-state index contributed by atoms with van der Waals surface area (Å²) < 4.78 is 0. The molecule has 0 aromatic heterocycles. The fraction of sp³-hybridized carbons (Fsp3) is 0.316. The number of hydrogen-bond acceptors (Lipinski definition) is 2. The summed E-state index contributed by atoms with van der Waals surface area (Å²) in [5, 5.41) is 6.38. The highest BCUT2D eigenvalue weighted by Gasteiger charge is 2.24. The third-order valence-electron chi connectivity index (χ3n) is 4.14. The minimum Gasteiger partial charge on any atom is -0.356 e. The van der Waals surface area contributed by atoms with Crippen molar-refractivity contribution in [1.29, 1.82) is 0 Å². The van der Waals surface area contributed by atoms with Crippen LogP contribution in [0.1, 0.15) is 30.4 Å². The molecule has 1 fully saturated rings. The van der Waals surface area contributed by atoms with Crippen LogP contribution in [-0.2, 0) is 4.79 Å². The van der Waals surface area contributed by atoms with Crippen LogP contribution in [-0.4, -0.2) is 5.91 Å². The van der Waals surface area contributed by atoms with Crippen molar-refractivity contribution in [2.45, 2.75) is 33.1 Å². The third-order valence-corrected chi connectivity index (χ3v) is 4.14. The van der Waals surface area contributed by atoms with E-state index < -0.39 is 0 Å². The van der Waals surface area contributed by atoms with Crippen molar-refractivity contribution in [3.8, 4) is 0 Å². The maximum atomic E-state index is 11.9. The standard InChI is InChI=1S/C19H22N2O/c1-13-10-14(2)12-18(11-13)20-16-6-8-17(9-7-16)21-19(22)15-4-3-5-15/h6-12,15,20H,3-5H2,1-2H3,(H,21,22). The fourth-order valence-electron chi connectivity index (χ4n) is 2.77. The van der Waals surface area contributed by atoms with Gasteiger partial charge in [0.25, 0.3) is 0 Å². The summed E-state index contributed by atoms with van der Waals surface area (Å²) in [7, 11) is 0. The van der Waals surface area contributed by atoms with Gasteiger partial charge in [-0.05, 0) is 74.2 Å². The highest BCUT2D eigenvalue weighted by molar-refractivity contribution is 5.93. The van der Waals surface area contributed by atoms with Crippen molar-refractivity contribution in [2.75, 3.05) is 10.6 Å². The second-order valence-electron chi connectivity index (χ2n) is 6.20. The molecule has 2 aromatic carbocycles. The lowest BCUT2D eigenvalue weighted by molar-refractivity contribution is -0.122. The Kier molecular flexibility index (Phi) is 4.14. The van der Waals surface area contributed by atoms with E-state index in [1.807, 2.05) is 24.3 Å². The van der Waals surface area contributed by atoms with E-state index in [1.54, 1.807) is 0 Å². The normalized spacial score (nSPS) is 14.3. The van der Waals surface area contributed by atoms with E-state index in [0.29, 0.717) is 0 Å². The van der Waals surface area contributed by atoms with Gasteiger partial charge < -0.3 is 10.6 Å². The predicted octanol–water partition coefficient (Wildman–Crippen LogP) is 4.79. The van der Waals surface area contributed by atoms with Gasteiger partial charge in [-0.3, -0.25) is 4.79 Å². The van der Waals surface area contributed by atoms with Crippen LogP contribution in [0.25, 0.3) is 0 Å². The van der Waals surface area contributed by atoms with Gasteiger partial charge in [-0.25, -0.2) is 0 Å². The number of carbonyl (C=O) groups is 1. The Bertz CT molecular complexity index is 652. The monoisotopic (exact) mass is 294 g/mol. The van der Waals surface area contributed by atoms with Gasteiger partial charge in [0.05, 0.1) is 0 Å². The molecular formula is C19H22N2O. The summed E-state index contributed by atoms with van der Waals surface area (Å²) in [6.07, 6.45) is 3.23. The maximum absolute atomic E-state index is 11.9. The zero-order chi connectivity index (χ0) is 15.5. The van der Waals surface area contributed by atoms with Crippen molar-refractivity contribution in [1.82, 2.24) is 0 Å². The highest BCUT2D eigenvalue weighted by Crippen LogP contribution is 2.28. The van der Waals surface area contributed by atoms with E-state index in [4.69, 9.17) is 0 Å². The Morgan fingerprint density at radius 2 is 1.50 bits per heavy atom. The Hall–Kier alpha value is -2.29. The molecule has 0 atom stereocenters. The molecule has 3 rings (SSSR count). The van der Waals surface area contributed by atoms with Crippen molar-refractivity contribution in [3.63, 3.8) is 0 Å². The summed E-state index contributed by atoms with van der Waals surface area (Å²) in [6.45, 7) is 4.19. The zero-order valence-corrected chi connectivity index (χ0v) is 13.1. The van der Waals surface area contributed by atoms with E-state index in [9.17, 15) is 4.79 Å². The second kappa shape index (κ2) is 6.22. The molecule has 2 aromatic rings. The lowest BCUT2D eigenvalue weighted by atomic mass is 9.85. The molecular weight excluding hydrogens is 272 g/mol. The molecule has 0 spiro atoms. The Morgan fingerprint density at radius 1 is 0.909 bits per heavy atom. The summed E-state index contributed by atoms with van der Waals surface area (Å²) >= 11 is 0. The number of carbonyl (C=O) groups excluding carboxylic acids is 1. The fourth-order valence-corrected chi connectivity index (χ4v) is 2.77. The first-order valence-corrected chi connectivity index (χ1v) is 7.86. The van der Waals surface area contributed by atoms with Gasteiger partial charge in [-0.15, -0.1) is 0 Å². The summed E-state index contributed by atoms with van der Waals surface area (Å²) in [4.78, 5) is 11.9. The van der Waals surface area contributed by atoms with Crippen molar-refractivity contribution in [2.24, 2.45) is 5.92 Å². The number of rotatable bonds is 4. The van der Waals surface area contributed by atoms with E-state index in [-0.39, 0.29) is 11.8 Å². The Balaban J connectivity index is 1.64. The molecule has 1 amide bonds. The number of aryl methyl sites for hydroxylation is 2. The third kappa shape index (κ3) is 3.48. The molecule has 0 saturated heterocycles. The molecule has 0 aliphatic heterocycles. The van der Waals surface area contributed by atoms with Gasteiger partial charge in [0.2, 0.25) is 5.91 Å². The highest BCUT2D eigenvalue weighted by atomic mass is 16.1. The van der Waals surface area contributed by atoms with E-state index >= 15 is 0 Å². The van der Waals surface area contributed by atoms with Crippen LogP contribution in [0, 0.1) is 19.8 Å².